The van der Waals surface area contributed by atoms with Gasteiger partial charge in [0.1, 0.15) is 5.69 Å². The van der Waals surface area contributed by atoms with E-state index in [2.05, 4.69) is 10.3 Å². The quantitative estimate of drug-likeness (QED) is 0.809. The zero-order chi connectivity index (χ0) is 16.3. The second-order valence-electron chi connectivity index (χ2n) is 6.18. The molecule has 0 bridgehead atoms. The van der Waals surface area contributed by atoms with E-state index in [1.54, 1.807) is 6.92 Å². The molecule has 1 saturated heterocycles. The highest BCUT2D eigenvalue weighted by molar-refractivity contribution is 6.02. The van der Waals surface area contributed by atoms with E-state index in [0.717, 1.165) is 43.7 Å². The Bertz CT molecular complexity index is 560. The molecule has 6 heteroatoms. The van der Waals surface area contributed by atoms with Gasteiger partial charge in [0.25, 0.3) is 5.91 Å². The first-order chi connectivity index (χ1) is 10.5. The number of ketones is 1. The van der Waals surface area contributed by atoms with Crippen LogP contribution in [-0.2, 0) is 6.42 Å². The molecule has 0 spiro atoms. The van der Waals surface area contributed by atoms with E-state index in [1.807, 2.05) is 25.8 Å². The molecule has 0 aliphatic carbocycles. The number of carbonyl (C=O) groups is 2. The Morgan fingerprint density at radius 1 is 1.30 bits per heavy atom. The van der Waals surface area contributed by atoms with Gasteiger partial charge in [0, 0.05) is 24.3 Å². The van der Waals surface area contributed by atoms with Gasteiger partial charge in [-0.1, -0.05) is 6.92 Å². The minimum absolute atomic E-state index is 0. The van der Waals surface area contributed by atoms with Crippen molar-refractivity contribution in [1.29, 1.82) is 0 Å². The van der Waals surface area contributed by atoms with Crippen LogP contribution in [0.5, 0.6) is 0 Å². The van der Waals surface area contributed by atoms with E-state index in [9.17, 15) is 9.59 Å². The van der Waals surface area contributed by atoms with Crippen molar-refractivity contribution in [2.75, 3.05) is 26.7 Å². The monoisotopic (exact) mass is 341 g/mol. The topological polar surface area (TPSA) is 65.2 Å². The number of amides is 1. The number of hydrogen-bond acceptors (Lipinski definition) is 3. The number of halogens is 1. The van der Waals surface area contributed by atoms with Gasteiger partial charge in [-0.3, -0.25) is 9.59 Å². The zero-order valence-corrected chi connectivity index (χ0v) is 15.3. The van der Waals surface area contributed by atoms with Crippen molar-refractivity contribution in [2.24, 2.45) is 5.92 Å². The smallest absolute Gasteiger partial charge is 0.270 e. The summed E-state index contributed by atoms with van der Waals surface area (Å²) in [5.41, 5.74) is 2.97. The van der Waals surface area contributed by atoms with Crippen LogP contribution >= 0.6 is 12.4 Å². The Kier molecular flexibility index (Phi) is 7.29. The number of H-pyrrole nitrogens is 1. The predicted molar refractivity (Wildman–Crippen MR) is 94.7 cm³/mol. The van der Waals surface area contributed by atoms with Crippen LogP contribution in [0.3, 0.4) is 0 Å². The fraction of sp³-hybridized carbons (Fsp3) is 0.647. The van der Waals surface area contributed by atoms with Gasteiger partial charge in [0.05, 0.1) is 0 Å². The lowest BCUT2D eigenvalue weighted by molar-refractivity contribution is 0.0684. The lowest BCUT2D eigenvalue weighted by atomic mass is 9.96. The normalized spacial score (nSPS) is 15.4. The first-order valence-corrected chi connectivity index (χ1v) is 8.15. The molecule has 0 radical (unpaired) electrons. The van der Waals surface area contributed by atoms with Crippen molar-refractivity contribution in [1.82, 2.24) is 15.2 Å². The molecule has 1 aliphatic heterocycles. The number of rotatable bonds is 5. The predicted octanol–water partition coefficient (Wildman–Crippen LogP) is 2.58. The number of likely N-dealkylation sites (tertiary alicyclic amines) is 1. The van der Waals surface area contributed by atoms with E-state index < -0.39 is 0 Å². The van der Waals surface area contributed by atoms with Crippen LogP contribution < -0.4 is 5.32 Å². The highest BCUT2D eigenvalue weighted by Gasteiger charge is 2.28. The molecule has 1 aromatic heterocycles. The maximum absolute atomic E-state index is 12.8. The SMILES string of the molecule is CCc1c(C(=O)N2CCC(CNC)CC2)[nH]c(C)c1C(C)=O.Cl. The molecule has 1 fully saturated rings. The largest absolute Gasteiger partial charge is 0.354 e. The summed E-state index contributed by atoms with van der Waals surface area (Å²) in [6.07, 6.45) is 2.76. The molecule has 2 N–H and O–H groups in total. The second-order valence-corrected chi connectivity index (χ2v) is 6.18. The van der Waals surface area contributed by atoms with Gasteiger partial charge in [-0.15, -0.1) is 12.4 Å². The van der Waals surface area contributed by atoms with E-state index >= 15 is 0 Å². The molecule has 1 aromatic rings. The number of aryl methyl sites for hydroxylation is 1. The van der Waals surface area contributed by atoms with Crippen molar-refractivity contribution in [2.45, 2.75) is 40.0 Å². The molecule has 0 unspecified atom stereocenters. The molecule has 2 rings (SSSR count). The summed E-state index contributed by atoms with van der Waals surface area (Å²) >= 11 is 0. The lowest BCUT2D eigenvalue weighted by Gasteiger charge is -2.32. The van der Waals surface area contributed by atoms with E-state index in [0.29, 0.717) is 23.6 Å². The fourth-order valence-corrected chi connectivity index (χ4v) is 3.48. The lowest BCUT2D eigenvalue weighted by Crippen LogP contribution is -2.40. The zero-order valence-electron chi connectivity index (χ0n) is 14.5. The van der Waals surface area contributed by atoms with Crippen LogP contribution in [0.1, 0.15) is 58.8 Å². The van der Waals surface area contributed by atoms with E-state index in [-0.39, 0.29) is 24.1 Å². The van der Waals surface area contributed by atoms with Crippen molar-refractivity contribution >= 4 is 24.1 Å². The minimum Gasteiger partial charge on any atom is -0.354 e. The molecule has 130 valence electrons. The van der Waals surface area contributed by atoms with Gasteiger partial charge in [0.15, 0.2) is 5.78 Å². The second kappa shape index (κ2) is 8.50. The van der Waals surface area contributed by atoms with Gasteiger partial charge in [-0.05, 0) is 58.2 Å². The molecule has 1 aliphatic rings. The van der Waals surface area contributed by atoms with Gasteiger partial charge in [0.2, 0.25) is 0 Å². The van der Waals surface area contributed by atoms with Crippen molar-refractivity contribution < 1.29 is 9.59 Å². The summed E-state index contributed by atoms with van der Waals surface area (Å²) in [4.78, 5) is 29.7. The summed E-state index contributed by atoms with van der Waals surface area (Å²) in [7, 11) is 1.97. The average Bonchev–Trinajstić information content (AvgIpc) is 2.84. The first kappa shape index (κ1) is 19.7. The van der Waals surface area contributed by atoms with Crippen LogP contribution in [0.4, 0.5) is 0 Å². The highest BCUT2D eigenvalue weighted by atomic mass is 35.5. The third-order valence-corrected chi connectivity index (χ3v) is 4.61. The molecule has 1 amide bonds. The number of carbonyl (C=O) groups excluding carboxylic acids is 2. The number of aromatic nitrogens is 1. The van der Waals surface area contributed by atoms with Gasteiger partial charge in [-0.25, -0.2) is 0 Å². The maximum Gasteiger partial charge on any atom is 0.270 e. The summed E-state index contributed by atoms with van der Waals surface area (Å²) in [5.74, 6) is 0.714. The molecule has 2 heterocycles. The summed E-state index contributed by atoms with van der Waals surface area (Å²) in [5, 5.41) is 3.21. The number of aromatic amines is 1. The Hall–Kier alpha value is -1.33. The van der Waals surface area contributed by atoms with E-state index in [4.69, 9.17) is 0 Å². The van der Waals surface area contributed by atoms with Crippen LogP contribution in [0.15, 0.2) is 0 Å². The summed E-state index contributed by atoms with van der Waals surface area (Å²) in [6, 6.07) is 0. The molecule has 23 heavy (non-hydrogen) atoms. The van der Waals surface area contributed by atoms with Crippen LogP contribution in [0.2, 0.25) is 0 Å². The first-order valence-electron chi connectivity index (χ1n) is 8.15. The molecule has 0 saturated carbocycles. The van der Waals surface area contributed by atoms with Gasteiger partial charge in [-0.2, -0.15) is 0 Å². The van der Waals surface area contributed by atoms with Crippen LogP contribution in [-0.4, -0.2) is 48.3 Å². The summed E-state index contributed by atoms with van der Waals surface area (Å²) < 4.78 is 0. The number of nitrogens with zero attached hydrogens (tertiary/aromatic N) is 1. The Balaban J connectivity index is 0.00000264. The molecular weight excluding hydrogens is 314 g/mol. The number of piperidine rings is 1. The third-order valence-electron chi connectivity index (χ3n) is 4.61. The van der Waals surface area contributed by atoms with Crippen molar-refractivity contribution in [3.8, 4) is 0 Å². The standard InChI is InChI=1S/C17H27N3O2.ClH/c1-5-14-15(12(3)21)11(2)19-16(14)17(22)20-8-6-13(7-9-20)10-18-4;/h13,18-19H,5-10H2,1-4H3;1H. The minimum atomic E-state index is 0. The van der Waals surface area contributed by atoms with Crippen molar-refractivity contribution in [3.05, 3.63) is 22.5 Å². The highest BCUT2D eigenvalue weighted by Crippen LogP contribution is 2.24. The molecule has 0 atom stereocenters. The number of nitrogens with one attached hydrogen (secondary N) is 2. The fourth-order valence-electron chi connectivity index (χ4n) is 3.48. The van der Waals surface area contributed by atoms with Crippen molar-refractivity contribution in [3.63, 3.8) is 0 Å². The number of hydrogen-bond donors (Lipinski definition) is 2. The van der Waals surface area contributed by atoms with Crippen LogP contribution in [0, 0.1) is 12.8 Å². The third kappa shape index (κ3) is 4.15. The summed E-state index contributed by atoms with van der Waals surface area (Å²) in [6.45, 7) is 8.02. The van der Waals surface area contributed by atoms with Gasteiger partial charge < -0.3 is 15.2 Å². The maximum atomic E-state index is 12.8. The Morgan fingerprint density at radius 3 is 2.39 bits per heavy atom. The molecular formula is C17H28ClN3O2. The average molecular weight is 342 g/mol. The van der Waals surface area contributed by atoms with E-state index in [1.165, 1.54) is 0 Å². The Labute approximate surface area is 144 Å². The van der Waals surface area contributed by atoms with Crippen LogP contribution in [0.25, 0.3) is 0 Å². The Morgan fingerprint density at radius 2 is 1.91 bits per heavy atom. The molecule has 5 nitrogen and oxygen atoms in total. The van der Waals surface area contributed by atoms with Gasteiger partial charge >= 0.3 is 0 Å². The number of Topliss-reactive ketones (excluding diaryl/α,β-unsaturated/α-hetero) is 1. The molecule has 0 aromatic carbocycles.